The maximum atomic E-state index is 2.25. The Morgan fingerprint density at radius 3 is 1.65 bits per heavy atom. The Morgan fingerprint density at radius 1 is 0.600 bits per heavy atom. The third-order valence-electron chi connectivity index (χ3n) is 4.34. The molecular weight excluding hydrogens is 240 g/mol. The summed E-state index contributed by atoms with van der Waals surface area (Å²) in [6.07, 6.45) is 1.05. The van der Waals surface area contributed by atoms with Crippen molar-refractivity contribution < 1.29 is 0 Å². The molecule has 0 radical (unpaired) electrons. The van der Waals surface area contributed by atoms with Crippen molar-refractivity contribution in [3.63, 3.8) is 0 Å². The van der Waals surface area contributed by atoms with E-state index in [1.807, 2.05) is 0 Å². The molecule has 0 aromatic heterocycles. The van der Waals surface area contributed by atoms with Gasteiger partial charge in [0, 0.05) is 0 Å². The molecule has 0 saturated carbocycles. The second-order valence-electron chi connectivity index (χ2n) is 5.62. The average Bonchev–Trinajstić information content (AvgIpc) is 2.77. The summed E-state index contributed by atoms with van der Waals surface area (Å²) in [6, 6.07) is 19.6. The van der Waals surface area contributed by atoms with Crippen molar-refractivity contribution in [3.05, 3.63) is 82.4 Å². The van der Waals surface area contributed by atoms with E-state index in [0.29, 0.717) is 0 Å². The molecule has 0 N–H and O–H groups in total. The fourth-order valence-corrected chi connectivity index (χ4v) is 2.93. The van der Waals surface area contributed by atoms with Crippen molar-refractivity contribution in [2.75, 3.05) is 0 Å². The normalized spacial score (nSPS) is 15.2. The monoisotopic (exact) mass is 260 g/mol. The number of allylic oxidation sites excluding steroid dienone is 4. The van der Waals surface area contributed by atoms with Crippen LogP contribution in [0.4, 0.5) is 0 Å². The van der Waals surface area contributed by atoms with Crippen molar-refractivity contribution in [2.24, 2.45) is 0 Å². The Bertz CT molecular complexity index is 683. The van der Waals surface area contributed by atoms with Crippen molar-refractivity contribution in [2.45, 2.75) is 27.2 Å². The minimum Gasteiger partial charge on any atom is -0.0622 e. The Hall–Kier alpha value is -2.08. The highest BCUT2D eigenvalue weighted by molar-refractivity contribution is 5.91. The SMILES string of the molecule is CC1=C(c2ccccc2)CC(c2ccc(C)cc2)=C1C. The molecule has 20 heavy (non-hydrogen) atoms. The maximum absolute atomic E-state index is 2.25. The molecule has 0 aliphatic heterocycles. The van der Waals surface area contributed by atoms with Gasteiger partial charge in [0.1, 0.15) is 0 Å². The fraction of sp³-hybridized carbons (Fsp3) is 0.200. The highest BCUT2D eigenvalue weighted by Crippen LogP contribution is 2.42. The van der Waals surface area contributed by atoms with Crippen LogP contribution in [0, 0.1) is 6.92 Å². The lowest BCUT2D eigenvalue weighted by Crippen LogP contribution is -1.86. The van der Waals surface area contributed by atoms with Crippen LogP contribution in [0.25, 0.3) is 11.1 Å². The number of aryl methyl sites for hydroxylation is 1. The second-order valence-corrected chi connectivity index (χ2v) is 5.62. The molecule has 1 aliphatic carbocycles. The smallest absolute Gasteiger partial charge is 0.000844 e. The first-order chi connectivity index (χ1) is 9.66. The van der Waals surface area contributed by atoms with Gasteiger partial charge in [0.05, 0.1) is 0 Å². The number of rotatable bonds is 2. The number of benzene rings is 2. The zero-order valence-corrected chi connectivity index (χ0v) is 12.4. The van der Waals surface area contributed by atoms with Crippen LogP contribution in [0.5, 0.6) is 0 Å². The molecule has 3 rings (SSSR count). The van der Waals surface area contributed by atoms with Gasteiger partial charge < -0.3 is 0 Å². The second kappa shape index (κ2) is 5.13. The molecule has 2 aromatic carbocycles. The third kappa shape index (κ3) is 2.22. The Labute approximate surface area is 121 Å². The molecule has 0 heterocycles. The van der Waals surface area contributed by atoms with E-state index in [4.69, 9.17) is 0 Å². The van der Waals surface area contributed by atoms with Crippen LogP contribution < -0.4 is 0 Å². The van der Waals surface area contributed by atoms with E-state index in [2.05, 4.69) is 75.4 Å². The van der Waals surface area contributed by atoms with Crippen molar-refractivity contribution in [1.29, 1.82) is 0 Å². The first-order valence-electron chi connectivity index (χ1n) is 7.19. The predicted molar refractivity (Wildman–Crippen MR) is 87.4 cm³/mol. The fourth-order valence-electron chi connectivity index (χ4n) is 2.93. The Balaban J connectivity index is 1.97. The molecule has 100 valence electrons. The zero-order chi connectivity index (χ0) is 14.1. The zero-order valence-electron chi connectivity index (χ0n) is 12.4. The van der Waals surface area contributed by atoms with Gasteiger partial charge in [0.25, 0.3) is 0 Å². The predicted octanol–water partition coefficient (Wildman–Crippen LogP) is 5.65. The average molecular weight is 260 g/mol. The highest BCUT2D eigenvalue weighted by Gasteiger charge is 2.20. The van der Waals surface area contributed by atoms with Gasteiger partial charge in [-0.25, -0.2) is 0 Å². The van der Waals surface area contributed by atoms with Crippen molar-refractivity contribution in [1.82, 2.24) is 0 Å². The Morgan fingerprint density at radius 2 is 1.10 bits per heavy atom. The van der Waals surface area contributed by atoms with E-state index < -0.39 is 0 Å². The summed E-state index contributed by atoms with van der Waals surface area (Å²) in [5.41, 5.74) is 9.85. The quantitative estimate of drug-likeness (QED) is 0.655. The van der Waals surface area contributed by atoms with Crippen molar-refractivity contribution >= 4 is 11.1 Å². The molecule has 0 saturated heterocycles. The largest absolute Gasteiger partial charge is 0.0622 e. The van der Waals surface area contributed by atoms with E-state index in [-0.39, 0.29) is 0 Å². The van der Waals surface area contributed by atoms with Crippen LogP contribution in [0.1, 0.15) is 37.0 Å². The van der Waals surface area contributed by atoms with E-state index in [1.165, 1.54) is 39.0 Å². The first kappa shape index (κ1) is 12.9. The van der Waals surface area contributed by atoms with Gasteiger partial charge in [-0.3, -0.25) is 0 Å². The lowest BCUT2D eigenvalue weighted by Gasteiger charge is -2.07. The number of hydrogen-bond acceptors (Lipinski definition) is 0. The minimum atomic E-state index is 1.05. The summed E-state index contributed by atoms with van der Waals surface area (Å²) in [6.45, 7) is 6.64. The standard InChI is InChI=1S/C20H20/c1-14-9-11-18(12-10-14)20-13-19(15(2)16(20)3)17-7-5-4-6-8-17/h4-12H,13H2,1-3H3. The van der Waals surface area contributed by atoms with Crippen LogP contribution in [0.3, 0.4) is 0 Å². The van der Waals surface area contributed by atoms with Crippen LogP contribution in [-0.2, 0) is 0 Å². The van der Waals surface area contributed by atoms with Crippen LogP contribution in [-0.4, -0.2) is 0 Å². The molecule has 0 heteroatoms. The van der Waals surface area contributed by atoms with E-state index >= 15 is 0 Å². The van der Waals surface area contributed by atoms with Gasteiger partial charge in [-0.2, -0.15) is 0 Å². The molecule has 0 nitrogen and oxygen atoms in total. The first-order valence-corrected chi connectivity index (χ1v) is 7.19. The number of hydrogen-bond donors (Lipinski definition) is 0. The van der Waals surface area contributed by atoms with Gasteiger partial charge >= 0.3 is 0 Å². The maximum Gasteiger partial charge on any atom is -0.000844 e. The van der Waals surface area contributed by atoms with Crippen LogP contribution >= 0.6 is 0 Å². The molecule has 2 aromatic rings. The molecule has 0 atom stereocenters. The van der Waals surface area contributed by atoms with Gasteiger partial charge in [0.2, 0.25) is 0 Å². The molecule has 0 fully saturated rings. The third-order valence-corrected chi connectivity index (χ3v) is 4.34. The summed E-state index contributed by atoms with van der Waals surface area (Å²) >= 11 is 0. The van der Waals surface area contributed by atoms with E-state index in [9.17, 15) is 0 Å². The molecule has 0 unspecified atom stereocenters. The summed E-state index contributed by atoms with van der Waals surface area (Å²) in [5.74, 6) is 0. The molecule has 0 spiro atoms. The molecular formula is C20H20. The summed E-state index contributed by atoms with van der Waals surface area (Å²) < 4.78 is 0. The van der Waals surface area contributed by atoms with Crippen LogP contribution in [0.15, 0.2) is 65.7 Å². The summed E-state index contributed by atoms with van der Waals surface area (Å²) in [7, 11) is 0. The summed E-state index contributed by atoms with van der Waals surface area (Å²) in [4.78, 5) is 0. The molecule has 1 aliphatic rings. The molecule has 0 amide bonds. The van der Waals surface area contributed by atoms with Gasteiger partial charge in [0.15, 0.2) is 0 Å². The molecule has 0 bridgehead atoms. The van der Waals surface area contributed by atoms with Crippen LogP contribution in [0.2, 0.25) is 0 Å². The minimum absolute atomic E-state index is 1.05. The summed E-state index contributed by atoms with van der Waals surface area (Å²) in [5, 5.41) is 0. The van der Waals surface area contributed by atoms with E-state index in [1.54, 1.807) is 0 Å². The lowest BCUT2D eigenvalue weighted by molar-refractivity contribution is 1.37. The highest BCUT2D eigenvalue weighted by atomic mass is 14.2. The van der Waals surface area contributed by atoms with Gasteiger partial charge in [-0.05, 0) is 60.6 Å². The van der Waals surface area contributed by atoms with Gasteiger partial charge in [-0.1, -0.05) is 60.2 Å². The Kier molecular flexibility index (Phi) is 3.31. The van der Waals surface area contributed by atoms with Gasteiger partial charge in [-0.15, -0.1) is 0 Å². The van der Waals surface area contributed by atoms with E-state index in [0.717, 1.165) is 6.42 Å². The lowest BCUT2D eigenvalue weighted by atomic mass is 9.97. The van der Waals surface area contributed by atoms with Crippen molar-refractivity contribution in [3.8, 4) is 0 Å². The topological polar surface area (TPSA) is 0 Å².